The number of para-hydroxylation sites is 2. The minimum Gasteiger partial charge on any atom is -0.396 e. The van der Waals surface area contributed by atoms with Crippen LogP contribution in [0.3, 0.4) is 0 Å². The number of hydrogen-bond acceptors (Lipinski definition) is 4. The van der Waals surface area contributed by atoms with Crippen LogP contribution in [-0.4, -0.2) is 52.8 Å². The van der Waals surface area contributed by atoms with E-state index in [0.717, 1.165) is 66.8 Å². The maximum absolute atomic E-state index is 8.97. The van der Waals surface area contributed by atoms with Crippen molar-refractivity contribution in [2.24, 2.45) is 0 Å². The first-order chi connectivity index (χ1) is 14.7. The first-order valence-corrected chi connectivity index (χ1v) is 10.9. The fourth-order valence-corrected chi connectivity index (χ4v) is 3.97. The van der Waals surface area contributed by atoms with Gasteiger partial charge in [-0.3, -0.25) is 0 Å². The van der Waals surface area contributed by atoms with E-state index in [4.69, 9.17) is 14.8 Å². The quantitative estimate of drug-likeness (QED) is 0.540. The SMILES string of the molecule is CN1CCC(OC(c2cccc(C=CCCCO)c2)c2nc3ccccc3[nH]2)CC1. The van der Waals surface area contributed by atoms with Crippen molar-refractivity contribution in [2.75, 3.05) is 26.7 Å². The molecule has 5 heteroatoms. The molecule has 1 unspecified atom stereocenters. The largest absolute Gasteiger partial charge is 0.396 e. The Bertz CT molecular complexity index is 940. The Morgan fingerprint density at radius 1 is 1.20 bits per heavy atom. The Labute approximate surface area is 178 Å². The fourth-order valence-electron chi connectivity index (χ4n) is 3.97. The summed E-state index contributed by atoms with van der Waals surface area (Å²) in [6, 6.07) is 16.6. The van der Waals surface area contributed by atoms with Crippen molar-refractivity contribution >= 4 is 17.1 Å². The number of aliphatic hydroxyl groups excluding tert-OH is 1. The third kappa shape index (κ3) is 5.17. The van der Waals surface area contributed by atoms with Crippen LogP contribution >= 0.6 is 0 Å². The van der Waals surface area contributed by atoms with Crippen molar-refractivity contribution in [1.29, 1.82) is 0 Å². The number of aromatic amines is 1. The zero-order chi connectivity index (χ0) is 20.8. The van der Waals surface area contributed by atoms with Gasteiger partial charge < -0.3 is 19.7 Å². The third-order valence-electron chi connectivity index (χ3n) is 5.70. The smallest absolute Gasteiger partial charge is 0.141 e. The number of fused-ring (bicyclic) bond motifs is 1. The van der Waals surface area contributed by atoms with Gasteiger partial charge >= 0.3 is 0 Å². The lowest BCUT2D eigenvalue weighted by Crippen LogP contribution is -2.35. The molecule has 1 aromatic heterocycles. The van der Waals surface area contributed by atoms with E-state index in [9.17, 15) is 0 Å². The normalized spacial score (nSPS) is 17.1. The molecule has 4 rings (SSSR count). The number of ether oxygens (including phenoxy) is 1. The summed E-state index contributed by atoms with van der Waals surface area (Å²) in [5.41, 5.74) is 4.24. The van der Waals surface area contributed by atoms with Gasteiger partial charge in [-0.25, -0.2) is 4.98 Å². The Morgan fingerprint density at radius 3 is 2.83 bits per heavy atom. The molecule has 1 saturated heterocycles. The standard InChI is InChI=1S/C25H31N3O2/c1-28-15-13-21(14-16-28)30-24(25-26-22-11-4-5-12-23(22)27-25)20-10-7-9-19(18-20)8-3-2-6-17-29/h3-5,7-12,18,21,24,29H,2,6,13-17H2,1H3,(H,26,27). The number of aromatic nitrogens is 2. The van der Waals surface area contributed by atoms with Crippen LogP contribution in [0.4, 0.5) is 0 Å². The second kappa shape index (κ2) is 10.0. The molecular formula is C25H31N3O2. The summed E-state index contributed by atoms with van der Waals surface area (Å²) < 4.78 is 6.66. The summed E-state index contributed by atoms with van der Waals surface area (Å²) in [4.78, 5) is 10.7. The molecule has 1 aliphatic heterocycles. The van der Waals surface area contributed by atoms with Crippen LogP contribution in [0.2, 0.25) is 0 Å². The fraction of sp³-hybridized carbons (Fsp3) is 0.400. The van der Waals surface area contributed by atoms with Gasteiger partial charge in [0, 0.05) is 19.7 Å². The molecular weight excluding hydrogens is 374 g/mol. The molecule has 0 bridgehead atoms. The van der Waals surface area contributed by atoms with Gasteiger partial charge in [0.15, 0.2) is 0 Å². The Morgan fingerprint density at radius 2 is 2.03 bits per heavy atom. The Hall–Kier alpha value is -2.47. The maximum atomic E-state index is 8.97. The van der Waals surface area contributed by atoms with E-state index < -0.39 is 0 Å². The minimum atomic E-state index is -0.225. The zero-order valence-electron chi connectivity index (χ0n) is 17.6. The van der Waals surface area contributed by atoms with Gasteiger partial charge in [-0.1, -0.05) is 42.5 Å². The summed E-state index contributed by atoms with van der Waals surface area (Å²) >= 11 is 0. The van der Waals surface area contributed by atoms with E-state index in [0.29, 0.717) is 0 Å². The third-order valence-corrected chi connectivity index (χ3v) is 5.70. The molecule has 158 valence electrons. The number of likely N-dealkylation sites (tertiary alicyclic amines) is 1. The molecule has 5 nitrogen and oxygen atoms in total. The van der Waals surface area contributed by atoms with Crippen LogP contribution in [0.15, 0.2) is 54.6 Å². The van der Waals surface area contributed by atoms with Crippen molar-refractivity contribution in [2.45, 2.75) is 37.9 Å². The van der Waals surface area contributed by atoms with Crippen molar-refractivity contribution in [3.8, 4) is 0 Å². The van der Waals surface area contributed by atoms with Crippen LogP contribution in [0.25, 0.3) is 17.1 Å². The predicted molar refractivity (Wildman–Crippen MR) is 121 cm³/mol. The highest BCUT2D eigenvalue weighted by atomic mass is 16.5. The summed E-state index contributed by atoms with van der Waals surface area (Å²) in [6.07, 6.45) is 7.96. The molecule has 0 saturated carbocycles. The molecule has 0 spiro atoms. The number of H-pyrrole nitrogens is 1. The lowest BCUT2D eigenvalue weighted by Gasteiger charge is -2.31. The topological polar surface area (TPSA) is 61.4 Å². The maximum Gasteiger partial charge on any atom is 0.141 e. The highest BCUT2D eigenvalue weighted by Gasteiger charge is 2.26. The second-order valence-corrected chi connectivity index (χ2v) is 8.10. The molecule has 0 amide bonds. The summed E-state index contributed by atoms with van der Waals surface area (Å²) in [6.45, 7) is 2.35. The summed E-state index contributed by atoms with van der Waals surface area (Å²) in [5, 5.41) is 8.97. The molecule has 2 heterocycles. The number of rotatable bonds is 8. The van der Waals surface area contributed by atoms with Gasteiger partial charge in [0.1, 0.15) is 11.9 Å². The van der Waals surface area contributed by atoms with Crippen molar-refractivity contribution in [1.82, 2.24) is 14.9 Å². The lowest BCUT2D eigenvalue weighted by atomic mass is 10.0. The van der Waals surface area contributed by atoms with Gasteiger partial charge in [-0.15, -0.1) is 0 Å². The van der Waals surface area contributed by atoms with Crippen LogP contribution in [0.1, 0.15) is 48.7 Å². The molecule has 2 aromatic carbocycles. The summed E-state index contributed by atoms with van der Waals surface area (Å²) in [7, 11) is 2.17. The van der Waals surface area contributed by atoms with Crippen LogP contribution < -0.4 is 0 Å². The molecule has 1 atom stereocenters. The number of nitrogens with one attached hydrogen (secondary N) is 1. The average molecular weight is 406 g/mol. The van der Waals surface area contributed by atoms with Gasteiger partial charge in [0.25, 0.3) is 0 Å². The van der Waals surface area contributed by atoms with Gasteiger partial charge in [-0.2, -0.15) is 0 Å². The van der Waals surface area contributed by atoms with Gasteiger partial charge in [0.05, 0.1) is 17.1 Å². The highest BCUT2D eigenvalue weighted by molar-refractivity contribution is 5.75. The highest BCUT2D eigenvalue weighted by Crippen LogP contribution is 2.30. The molecule has 0 aliphatic carbocycles. The van der Waals surface area contributed by atoms with Gasteiger partial charge in [-0.05, 0) is 62.1 Å². The molecule has 30 heavy (non-hydrogen) atoms. The van der Waals surface area contributed by atoms with Crippen molar-refractivity contribution < 1.29 is 9.84 Å². The van der Waals surface area contributed by atoms with E-state index in [-0.39, 0.29) is 18.8 Å². The Kier molecular flexibility index (Phi) is 6.95. The molecule has 0 radical (unpaired) electrons. The number of piperidine rings is 1. The number of unbranched alkanes of at least 4 members (excludes halogenated alkanes) is 1. The van der Waals surface area contributed by atoms with Crippen LogP contribution in [-0.2, 0) is 4.74 Å². The average Bonchev–Trinajstić information content (AvgIpc) is 3.20. The van der Waals surface area contributed by atoms with E-state index in [2.05, 4.69) is 59.4 Å². The Balaban J connectivity index is 1.62. The van der Waals surface area contributed by atoms with Gasteiger partial charge in [0.2, 0.25) is 0 Å². The zero-order valence-corrected chi connectivity index (χ0v) is 17.6. The number of allylic oxidation sites excluding steroid dienone is 1. The molecule has 3 aromatic rings. The molecule has 2 N–H and O–H groups in total. The summed E-state index contributed by atoms with van der Waals surface area (Å²) in [5.74, 6) is 0.858. The minimum absolute atomic E-state index is 0.225. The predicted octanol–water partition coefficient (Wildman–Crippen LogP) is 4.55. The lowest BCUT2D eigenvalue weighted by molar-refractivity contribution is -0.0264. The van der Waals surface area contributed by atoms with E-state index in [1.165, 1.54) is 0 Å². The second-order valence-electron chi connectivity index (χ2n) is 8.10. The van der Waals surface area contributed by atoms with Crippen LogP contribution in [0.5, 0.6) is 0 Å². The van der Waals surface area contributed by atoms with Crippen molar-refractivity contribution in [3.05, 3.63) is 71.6 Å². The van der Waals surface area contributed by atoms with Crippen molar-refractivity contribution in [3.63, 3.8) is 0 Å². The number of hydrogen-bond donors (Lipinski definition) is 2. The monoisotopic (exact) mass is 405 g/mol. The molecule has 1 fully saturated rings. The number of aliphatic hydroxyl groups is 1. The number of imidazole rings is 1. The number of nitrogens with zero attached hydrogens (tertiary/aromatic N) is 2. The molecule has 1 aliphatic rings. The van der Waals surface area contributed by atoms with E-state index in [1.807, 2.05) is 18.2 Å². The first-order valence-electron chi connectivity index (χ1n) is 10.9. The number of benzene rings is 2. The van der Waals surface area contributed by atoms with Crippen LogP contribution in [0, 0.1) is 0 Å². The first kappa shape index (κ1) is 20.8. The van der Waals surface area contributed by atoms with E-state index in [1.54, 1.807) is 0 Å². The van der Waals surface area contributed by atoms with E-state index >= 15 is 0 Å².